The lowest BCUT2D eigenvalue weighted by Gasteiger charge is -2.12. The number of nitrogens with one attached hydrogen (secondary N) is 2. The number of halogens is 3. The van der Waals surface area contributed by atoms with E-state index in [1.165, 1.54) is 10.9 Å². The van der Waals surface area contributed by atoms with Crippen LogP contribution in [0, 0.1) is 6.92 Å². The van der Waals surface area contributed by atoms with Crippen LogP contribution < -0.4 is 10.6 Å². The Hall–Kier alpha value is -3.29. The van der Waals surface area contributed by atoms with Gasteiger partial charge in [-0.2, -0.15) is 18.3 Å². The predicted octanol–water partition coefficient (Wildman–Crippen LogP) is 4.17. The standard InChI is InChI=1S/C20H19F3N4O/c1-13-3-6-15(19(28)24-2)11-17(13)25-12-14-4-7-16(8-5-14)27-10-9-18(26-27)20(21,22)23/h3-11,25H,12H2,1-2H3,(H,24,28). The molecule has 0 aliphatic carbocycles. The number of hydrogen-bond acceptors (Lipinski definition) is 3. The maximum atomic E-state index is 12.7. The van der Waals surface area contributed by atoms with Crippen LogP contribution >= 0.6 is 0 Å². The number of alkyl halides is 3. The van der Waals surface area contributed by atoms with E-state index >= 15 is 0 Å². The highest BCUT2D eigenvalue weighted by molar-refractivity contribution is 5.95. The van der Waals surface area contributed by atoms with Crippen LogP contribution in [0.15, 0.2) is 54.7 Å². The third-order valence-electron chi connectivity index (χ3n) is 4.29. The van der Waals surface area contributed by atoms with Gasteiger partial charge in [0.2, 0.25) is 0 Å². The molecule has 0 saturated heterocycles. The summed E-state index contributed by atoms with van der Waals surface area (Å²) in [6, 6.07) is 13.4. The Balaban J connectivity index is 1.70. The Morgan fingerprint density at radius 1 is 1.11 bits per heavy atom. The van der Waals surface area contributed by atoms with Gasteiger partial charge in [-0.3, -0.25) is 4.79 Å². The molecule has 0 aliphatic rings. The van der Waals surface area contributed by atoms with E-state index in [1.54, 1.807) is 31.3 Å². The quantitative estimate of drug-likeness (QED) is 0.690. The number of aromatic nitrogens is 2. The molecular formula is C20H19F3N4O. The number of benzene rings is 2. The molecule has 0 fully saturated rings. The van der Waals surface area contributed by atoms with Crippen molar-refractivity contribution in [1.82, 2.24) is 15.1 Å². The number of carbonyl (C=O) groups excluding carboxylic acids is 1. The van der Waals surface area contributed by atoms with Crippen LogP contribution in [-0.2, 0) is 12.7 Å². The lowest BCUT2D eigenvalue weighted by molar-refractivity contribution is -0.141. The molecule has 1 heterocycles. The average Bonchev–Trinajstić information content (AvgIpc) is 3.18. The third-order valence-corrected chi connectivity index (χ3v) is 4.29. The molecule has 2 N–H and O–H groups in total. The second-order valence-electron chi connectivity index (χ2n) is 6.27. The molecule has 3 rings (SSSR count). The van der Waals surface area contributed by atoms with Crippen molar-refractivity contribution in [1.29, 1.82) is 0 Å². The van der Waals surface area contributed by atoms with Crippen LogP contribution in [0.4, 0.5) is 18.9 Å². The molecule has 8 heteroatoms. The summed E-state index contributed by atoms with van der Waals surface area (Å²) in [5.74, 6) is -0.162. The Bertz CT molecular complexity index is 978. The van der Waals surface area contributed by atoms with Gasteiger partial charge in [0.1, 0.15) is 0 Å². The lowest BCUT2D eigenvalue weighted by atomic mass is 10.1. The molecule has 1 amide bonds. The molecule has 0 spiro atoms. The lowest BCUT2D eigenvalue weighted by Crippen LogP contribution is -2.18. The van der Waals surface area contributed by atoms with Gasteiger partial charge in [-0.25, -0.2) is 4.68 Å². The second kappa shape index (κ2) is 7.75. The van der Waals surface area contributed by atoms with E-state index < -0.39 is 11.9 Å². The highest BCUT2D eigenvalue weighted by Gasteiger charge is 2.33. The summed E-state index contributed by atoms with van der Waals surface area (Å²) < 4.78 is 39.2. The molecule has 0 saturated carbocycles. The minimum absolute atomic E-state index is 0.162. The molecule has 0 bridgehead atoms. The van der Waals surface area contributed by atoms with Crippen molar-refractivity contribution < 1.29 is 18.0 Å². The second-order valence-corrected chi connectivity index (χ2v) is 6.27. The van der Waals surface area contributed by atoms with Gasteiger partial charge < -0.3 is 10.6 Å². The zero-order valence-electron chi connectivity index (χ0n) is 15.3. The summed E-state index contributed by atoms with van der Waals surface area (Å²) in [5.41, 5.74) is 2.95. The normalized spacial score (nSPS) is 11.3. The van der Waals surface area contributed by atoms with E-state index in [0.717, 1.165) is 22.9 Å². The summed E-state index contributed by atoms with van der Waals surface area (Å²) in [6.45, 7) is 2.44. The molecule has 0 unspecified atom stereocenters. The van der Waals surface area contributed by atoms with Gasteiger partial charge in [0.25, 0.3) is 5.91 Å². The fourth-order valence-corrected chi connectivity index (χ4v) is 2.68. The van der Waals surface area contributed by atoms with Gasteiger partial charge in [-0.15, -0.1) is 0 Å². The van der Waals surface area contributed by atoms with Gasteiger partial charge in [0, 0.05) is 31.0 Å². The van der Waals surface area contributed by atoms with Crippen molar-refractivity contribution in [2.45, 2.75) is 19.6 Å². The monoisotopic (exact) mass is 388 g/mol. The summed E-state index contributed by atoms with van der Waals surface area (Å²) in [6.07, 6.45) is -3.18. The Morgan fingerprint density at radius 2 is 1.82 bits per heavy atom. The highest BCUT2D eigenvalue weighted by atomic mass is 19.4. The highest BCUT2D eigenvalue weighted by Crippen LogP contribution is 2.28. The van der Waals surface area contributed by atoms with Crippen LogP contribution in [0.25, 0.3) is 5.69 Å². The molecule has 1 aromatic heterocycles. The zero-order valence-corrected chi connectivity index (χ0v) is 15.3. The predicted molar refractivity (Wildman–Crippen MR) is 100 cm³/mol. The van der Waals surface area contributed by atoms with Gasteiger partial charge >= 0.3 is 6.18 Å². The fraction of sp³-hybridized carbons (Fsp3) is 0.200. The van der Waals surface area contributed by atoms with Crippen LogP contribution in [0.5, 0.6) is 0 Å². The van der Waals surface area contributed by atoms with Gasteiger partial charge in [0.15, 0.2) is 5.69 Å². The van der Waals surface area contributed by atoms with Gasteiger partial charge in [0.05, 0.1) is 5.69 Å². The number of carbonyl (C=O) groups is 1. The topological polar surface area (TPSA) is 59.0 Å². The molecule has 0 radical (unpaired) electrons. The van der Waals surface area contributed by atoms with Crippen molar-refractivity contribution in [3.05, 3.63) is 77.1 Å². The molecule has 0 aliphatic heterocycles. The maximum Gasteiger partial charge on any atom is 0.435 e. The van der Waals surface area contributed by atoms with E-state index in [2.05, 4.69) is 15.7 Å². The van der Waals surface area contributed by atoms with Crippen molar-refractivity contribution in [3.63, 3.8) is 0 Å². The molecular weight excluding hydrogens is 369 g/mol. The molecule has 146 valence electrons. The summed E-state index contributed by atoms with van der Waals surface area (Å²) in [4.78, 5) is 11.8. The third kappa shape index (κ3) is 4.33. The smallest absolute Gasteiger partial charge is 0.381 e. The van der Waals surface area contributed by atoms with Crippen molar-refractivity contribution in [2.75, 3.05) is 12.4 Å². The number of rotatable bonds is 5. The van der Waals surface area contributed by atoms with Crippen LogP contribution in [0.1, 0.15) is 27.2 Å². The van der Waals surface area contributed by atoms with E-state index in [4.69, 9.17) is 0 Å². The summed E-state index contributed by atoms with van der Waals surface area (Å²) in [5, 5.41) is 9.43. The van der Waals surface area contributed by atoms with Crippen molar-refractivity contribution in [3.8, 4) is 5.69 Å². The number of nitrogens with zero attached hydrogens (tertiary/aromatic N) is 2. The first-order valence-corrected chi connectivity index (χ1v) is 8.56. The molecule has 0 atom stereocenters. The first-order chi connectivity index (χ1) is 13.3. The number of anilines is 1. The molecule has 5 nitrogen and oxygen atoms in total. The van der Waals surface area contributed by atoms with Crippen molar-refractivity contribution >= 4 is 11.6 Å². The molecule has 28 heavy (non-hydrogen) atoms. The van der Waals surface area contributed by atoms with Crippen LogP contribution in [-0.4, -0.2) is 22.7 Å². The number of aryl methyl sites for hydroxylation is 1. The maximum absolute atomic E-state index is 12.7. The minimum Gasteiger partial charge on any atom is -0.381 e. The first kappa shape index (κ1) is 19.5. The van der Waals surface area contributed by atoms with E-state index in [1.807, 2.05) is 25.1 Å². The largest absolute Gasteiger partial charge is 0.435 e. The van der Waals surface area contributed by atoms with E-state index in [-0.39, 0.29) is 5.91 Å². The van der Waals surface area contributed by atoms with Crippen LogP contribution in [0.3, 0.4) is 0 Å². The zero-order chi connectivity index (χ0) is 20.3. The number of amides is 1. The van der Waals surface area contributed by atoms with Gasteiger partial charge in [-0.1, -0.05) is 18.2 Å². The van der Waals surface area contributed by atoms with E-state index in [0.29, 0.717) is 17.8 Å². The van der Waals surface area contributed by atoms with Gasteiger partial charge in [-0.05, 0) is 48.4 Å². The minimum atomic E-state index is -4.46. The summed E-state index contributed by atoms with van der Waals surface area (Å²) in [7, 11) is 1.58. The SMILES string of the molecule is CNC(=O)c1ccc(C)c(NCc2ccc(-n3ccc(C(F)(F)F)n3)cc2)c1. The van der Waals surface area contributed by atoms with E-state index in [9.17, 15) is 18.0 Å². The van der Waals surface area contributed by atoms with Crippen LogP contribution in [0.2, 0.25) is 0 Å². The summed E-state index contributed by atoms with van der Waals surface area (Å²) >= 11 is 0. The Labute approximate surface area is 160 Å². The molecule has 2 aromatic carbocycles. The average molecular weight is 388 g/mol. The Kier molecular flexibility index (Phi) is 5.39. The van der Waals surface area contributed by atoms with Crippen molar-refractivity contribution in [2.24, 2.45) is 0 Å². The fourth-order valence-electron chi connectivity index (χ4n) is 2.68. The Morgan fingerprint density at radius 3 is 2.43 bits per heavy atom. The number of hydrogen-bond donors (Lipinski definition) is 2. The molecule has 3 aromatic rings. The first-order valence-electron chi connectivity index (χ1n) is 8.56.